The second-order valence-corrected chi connectivity index (χ2v) is 5.57. The van der Waals surface area contributed by atoms with E-state index in [2.05, 4.69) is 24.1 Å². The maximum absolute atomic E-state index is 12.2. The maximum atomic E-state index is 12.2. The van der Waals surface area contributed by atoms with Crippen LogP contribution in [0.5, 0.6) is 0 Å². The summed E-state index contributed by atoms with van der Waals surface area (Å²) in [6, 6.07) is 0.515. The van der Waals surface area contributed by atoms with Crippen molar-refractivity contribution in [2.45, 2.75) is 45.3 Å². The predicted octanol–water partition coefficient (Wildman–Crippen LogP) is 1.43. The van der Waals surface area contributed by atoms with Gasteiger partial charge >= 0.3 is 0 Å². The molecular formula is C13H25ClN2O2. The van der Waals surface area contributed by atoms with E-state index in [1.807, 2.05) is 0 Å². The predicted molar refractivity (Wildman–Crippen MR) is 74.0 cm³/mol. The van der Waals surface area contributed by atoms with Gasteiger partial charge in [0.2, 0.25) is 5.91 Å². The molecular weight excluding hydrogens is 252 g/mol. The highest BCUT2D eigenvalue weighted by atomic mass is 35.5. The zero-order valence-corrected chi connectivity index (χ0v) is 12.2. The van der Waals surface area contributed by atoms with Crippen LogP contribution in [0.2, 0.25) is 0 Å². The molecule has 1 aliphatic carbocycles. The number of halogens is 1. The summed E-state index contributed by atoms with van der Waals surface area (Å²) in [4.78, 5) is 14.3. The van der Waals surface area contributed by atoms with Gasteiger partial charge in [0, 0.05) is 25.7 Å². The molecule has 0 aromatic rings. The van der Waals surface area contributed by atoms with Crippen LogP contribution >= 0.6 is 12.4 Å². The molecule has 1 N–H and O–H groups in total. The minimum absolute atomic E-state index is 0. The lowest BCUT2D eigenvalue weighted by Crippen LogP contribution is -2.43. The molecule has 5 heteroatoms. The van der Waals surface area contributed by atoms with E-state index in [9.17, 15) is 4.79 Å². The van der Waals surface area contributed by atoms with Gasteiger partial charge in [-0.05, 0) is 18.8 Å². The highest BCUT2D eigenvalue weighted by Crippen LogP contribution is 2.28. The largest absolute Gasteiger partial charge is 0.375 e. The minimum Gasteiger partial charge on any atom is -0.375 e. The van der Waals surface area contributed by atoms with Gasteiger partial charge in [0.15, 0.2) is 0 Å². The number of nitrogens with one attached hydrogen (secondary N) is 1. The van der Waals surface area contributed by atoms with Crippen LogP contribution in [0.25, 0.3) is 0 Å². The highest BCUT2D eigenvalue weighted by molar-refractivity contribution is 5.85. The van der Waals surface area contributed by atoms with Gasteiger partial charge in [0.05, 0.1) is 19.1 Å². The molecule has 0 spiro atoms. The molecule has 106 valence electrons. The third kappa shape index (κ3) is 4.75. The summed E-state index contributed by atoms with van der Waals surface area (Å²) in [6.45, 7) is 7.67. The van der Waals surface area contributed by atoms with Crippen LogP contribution in [0, 0.1) is 5.92 Å². The summed E-state index contributed by atoms with van der Waals surface area (Å²) < 4.78 is 5.59. The Bertz CT molecular complexity index is 264. The third-order valence-corrected chi connectivity index (χ3v) is 3.28. The lowest BCUT2D eigenvalue weighted by atomic mass is 10.1. The minimum atomic E-state index is 0. The van der Waals surface area contributed by atoms with Gasteiger partial charge in [-0.25, -0.2) is 0 Å². The van der Waals surface area contributed by atoms with Gasteiger partial charge in [-0.1, -0.05) is 13.8 Å². The Morgan fingerprint density at radius 2 is 2.17 bits per heavy atom. The van der Waals surface area contributed by atoms with Gasteiger partial charge in [-0.3, -0.25) is 4.79 Å². The van der Waals surface area contributed by atoms with Gasteiger partial charge in [0.25, 0.3) is 0 Å². The summed E-state index contributed by atoms with van der Waals surface area (Å²) in [5.41, 5.74) is 0. The number of hydrogen-bond donors (Lipinski definition) is 1. The fraction of sp³-hybridized carbons (Fsp3) is 0.923. The second kappa shape index (κ2) is 7.31. The summed E-state index contributed by atoms with van der Waals surface area (Å²) in [5, 5.41) is 3.27. The first kappa shape index (κ1) is 15.7. The van der Waals surface area contributed by atoms with Crippen molar-refractivity contribution >= 4 is 18.3 Å². The quantitative estimate of drug-likeness (QED) is 0.826. The number of morpholine rings is 1. The molecule has 4 nitrogen and oxygen atoms in total. The summed E-state index contributed by atoms with van der Waals surface area (Å²) in [7, 11) is 0. The van der Waals surface area contributed by atoms with Gasteiger partial charge in [0.1, 0.15) is 0 Å². The first-order valence-electron chi connectivity index (χ1n) is 6.78. The van der Waals surface area contributed by atoms with E-state index in [4.69, 9.17) is 4.74 Å². The van der Waals surface area contributed by atoms with Crippen LogP contribution < -0.4 is 5.32 Å². The number of ether oxygens (including phenoxy) is 1. The van der Waals surface area contributed by atoms with Crippen LogP contribution in [0.4, 0.5) is 0 Å². The number of amides is 1. The van der Waals surface area contributed by atoms with E-state index in [0.29, 0.717) is 18.4 Å². The molecule has 1 saturated heterocycles. The molecule has 2 fully saturated rings. The van der Waals surface area contributed by atoms with E-state index in [1.54, 1.807) is 0 Å². The fourth-order valence-electron chi connectivity index (χ4n) is 2.30. The Morgan fingerprint density at radius 3 is 2.67 bits per heavy atom. The van der Waals surface area contributed by atoms with Crippen LogP contribution in [-0.2, 0) is 9.53 Å². The van der Waals surface area contributed by atoms with E-state index in [1.165, 1.54) is 12.8 Å². The molecule has 1 saturated carbocycles. The Hall–Kier alpha value is -0.320. The number of nitrogens with zero attached hydrogens (tertiary/aromatic N) is 1. The Labute approximate surface area is 116 Å². The van der Waals surface area contributed by atoms with Crippen LogP contribution in [-0.4, -0.2) is 49.2 Å². The number of hydrogen-bond acceptors (Lipinski definition) is 3. The van der Waals surface area contributed by atoms with Crippen LogP contribution in [0.15, 0.2) is 0 Å². The van der Waals surface area contributed by atoms with Crippen molar-refractivity contribution < 1.29 is 9.53 Å². The van der Waals surface area contributed by atoms with E-state index in [0.717, 1.165) is 26.2 Å². The van der Waals surface area contributed by atoms with Gasteiger partial charge in [-0.15, -0.1) is 12.4 Å². The van der Waals surface area contributed by atoms with E-state index < -0.39 is 0 Å². The molecule has 1 unspecified atom stereocenters. The van der Waals surface area contributed by atoms with Crippen LogP contribution in [0.1, 0.15) is 33.1 Å². The van der Waals surface area contributed by atoms with Crippen molar-refractivity contribution in [2.75, 3.05) is 26.2 Å². The zero-order valence-electron chi connectivity index (χ0n) is 11.4. The molecule has 18 heavy (non-hydrogen) atoms. The monoisotopic (exact) mass is 276 g/mol. The van der Waals surface area contributed by atoms with Crippen LogP contribution in [0.3, 0.4) is 0 Å². The zero-order chi connectivity index (χ0) is 12.3. The molecule has 0 aromatic heterocycles. The van der Waals surface area contributed by atoms with Crippen molar-refractivity contribution in [1.29, 1.82) is 0 Å². The Morgan fingerprint density at radius 1 is 1.44 bits per heavy atom. The fourth-order valence-corrected chi connectivity index (χ4v) is 2.30. The average molecular weight is 277 g/mol. The first-order valence-corrected chi connectivity index (χ1v) is 6.78. The number of carbonyl (C=O) groups is 1. The lowest BCUT2D eigenvalue weighted by Gasteiger charge is -2.28. The van der Waals surface area contributed by atoms with Gasteiger partial charge in [-0.2, -0.15) is 0 Å². The maximum Gasteiger partial charge on any atom is 0.225 e. The molecule has 1 aliphatic heterocycles. The molecule has 0 bridgehead atoms. The van der Waals surface area contributed by atoms with Crippen molar-refractivity contribution in [3.63, 3.8) is 0 Å². The number of rotatable bonds is 5. The molecule has 2 rings (SSSR count). The molecule has 1 atom stereocenters. The van der Waals surface area contributed by atoms with Gasteiger partial charge < -0.3 is 15.0 Å². The van der Waals surface area contributed by atoms with Crippen molar-refractivity contribution in [3.05, 3.63) is 0 Å². The standard InChI is InChI=1S/C13H24N2O2.ClH/c1-10(2)9-15(11-3-4-11)13(16)7-12-8-14-5-6-17-12;/h10-12,14H,3-9H2,1-2H3;1H. The second-order valence-electron chi connectivity index (χ2n) is 5.57. The SMILES string of the molecule is CC(C)CN(C(=O)CC1CNCCO1)C1CC1.Cl. The smallest absolute Gasteiger partial charge is 0.225 e. The third-order valence-electron chi connectivity index (χ3n) is 3.28. The lowest BCUT2D eigenvalue weighted by molar-refractivity contribution is -0.135. The highest BCUT2D eigenvalue weighted by Gasteiger charge is 2.33. The van der Waals surface area contributed by atoms with Crippen molar-refractivity contribution in [2.24, 2.45) is 5.92 Å². The van der Waals surface area contributed by atoms with E-state index in [-0.39, 0.29) is 24.4 Å². The molecule has 1 amide bonds. The topological polar surface area (TPSA) is 41.6 Å². The van der Waals surface area contributed by atoms with Crippen molar-refractivity contribution in [3.8, 4) is 0 Å². The summed E-state index contributed by atoms with van der Waals surface area (Å²) in [6.07, 6.45) is 2.98. The molecule has 1 heterocycles. The van der Waals surface area contributed by atoms with E-state index >= 15 is 0 Å². The summed E-state index contributed by atoms with van der Waals surface area (Å²) >= 11 is 0. The molecule has 2 aliphatic rings. The Balaban J connectivity index is 0.00000162. The normalized spacial score (nSPS) is 23.6. The number of carbonyl (C=O) groups excluding carboxylic acids is 1. The first-order chi connectivity index (χ1) is 8.16. The molecule has 0 radical (unpaired) electrons. The Kier molecular flexibility index (Phi) is 6.39. The molecule has 0 aromatic carbocycles. The average Bonchev–Trinajstić information content (AvgIpc) is 3.10. The summed E-state index contributed by atoms with van der Waals surface area (Å²) in [5.74, 6) is 0.819. The van der Waals surface area contributed by atoms with Crippen molar-refractivity contribution in [1.82, 2.24) is 10.2 Å².